The molecule has 0 atom stereocenters. The van der Waals surface area contributed by atoms with E-state index in [1.165, 1.54) is 29.6 Å². The molecule has 7 heteroatoms. The predicted octanol–water partition coefficient (Wildman–Crippen LogP) is 4.29. The first kappa shape index (κ1) is 18.5. The molecule has 0 radical (unpaired) electrons. The van der Waals surface area contributed by atoms with Crippen LogP contribution in [0.4, 0.5) is 10.1 Å². The minimum absolute atomic E-state index is 0.0105. The molecule has 0 unspecified atom stereocenters. The third-order valence-corrected chi connectivity index (χ3v) is 6.12. The zero-order chi connectivity index (χ0) is 17.9. The number of anilines is 1. The molecule has 2 aromatic rings. The number of benzene rings is 2. The Kier molecular flexibility index (Phi) is 5.66. The molecular weight excluding hydrogens is 397 g/mol. The minimum Gasteiger partial charge on any atom is -0.494 e. The third kappa shape index (κ3) is 3.62. The highest BCUT2D eigenvalue weighted by Crippen LogP contribution is 2.29. The van der Waals surface area contributed by atoms with E-state index in [9.17, 15) is 12.8 Å². The summed E-state index contributed by atoms with van der Waals surface area (Å²) in [5, 5.41) is 0. The SMILES string of the molecule is C=CCN(c1ccc(Br)c(C)c1)S(=O)(=O)c1ccc(OC)c(F)c1. The maximum absolute atomic E-state index is 13.9. The number of ether oxygens (including phenoxy) is 1. The van der Waals surface area contributed by atoms with Gasteiger partial charge in [0.25, 0.3) is 10.0 Å². The standard InChI is InChI=1S/C17H17BrFNO3S/c1-4-9-20(13-5-7-15(18)12(2)10-13)24(21,22)14-6-8-17(23-3)16(19)11-14/h4-8,10-11H,1,9H2,2-3H3. The molecule has 0 aliphatic carbocycles. The van der Waals surface area contributed by atoms with Gasteiger partial charge >= 0.3 is 0 Å². The van der Waals surface area contributed by atoms with Crippen molar-refractivity contribution >= 4 is 31.6 Å². The van der Waals surface area contributed by atoms with Crippen LogP contribution in [0.1, 0.15) is 5.56 Å². The zero-order valence-corrected chi connectivity index (χ0v) is 15.7. The number of halogens is 2. The van der Waals surface area contributed by atoms with Crippen LogP contribution in [0.25, 0.3) is 0 Å². The summed E-state index contributed by atoms with van der Waals surface area (Å²) in [6.45, 7) is 5.54. The summed E-state index contributed by atoms with van der Waals surface area (Å²) in [5.41, 5.74) is 1.37. The number of hydrogen-bond donors (Lipinski definition) is 0. The summed E-state index contributed by atoms with van der Waals surface area (Å²) in [6, 6.07) is 8.75. The van der Waals surface area contributed by atoms with E-state index in [0.717, 1.165) is 16.1 Å². The van der Waals surface area contributed by atoms with Gasteiger partial charge in [0, 0.05) is 4.47 Å². The van der Waals surface area contributed by atoms with E-state index in [4.69, 9.17) is 4.74 Å². The smallest absolute Gasteiger partial charge is 0.264 e. The predicted molar refractivity (Wildman–Crippen MR) is 96.6 cm³/mol. The number of hydrogen-bond acceptors (Lipinski definition) is 3. The molecule has 2 aromatic carbocycles. The Morgan fingerprint density at radius 1 is 1.29 bits per heavy atom. The second-order valence-electron chi connectivity index (χ2n) is 5.05. The quantitative estimate of drug-likeness (QED) is 0.663. The summed E-state index contributed by atoms with van der Waals surface area (Å²) in [7, 11) is -2.62. The van der Waals surface area contributed by atoms with E-state index >= 15 is 0 Å². The monoisotopic (exact) mass is 413 g/mol. The van der Waals surface area contributed by atoms with Crippen LogP contribution in [0.5, 0.6) is 5.75 Å². The summed E-state index contributed by atoms with van der Waals surface area (Å²) < 4.78 is 46.7. The Labute approximate surface area is 149 Å². The van der Waals surface area contributed by atoms with Crippen LogP contribution < -0.4 is 9.04 Å². The molecular formula is C17H17BrFNO3S. The molecule has 0 aliphatic heterocycles. The molecule has 0 bridgehead atoms. The van der Waals surface area contributed by atoms with Crippen LogP contribution in [0.3, 0.4) is 0 Å². The lowest BCUT2D eigenvalue weighted by molar-refractivity contribution is 0.385. The summed E-state index contributed by atoms with van der Waals surface area (Å²) in [5.74, 6) is -0.743. The van der Waals surface area contributed by atoms with Crippen molar-refractivity contribution in [1.29, 1.82) is 0 Å². The van der Waals surface area contributed by atoms with Crippen LogP contribution in [0.15, 0.2) is 58.4 Å². The highest BCUT2D eigenvalue weighted by molar-refractivity contribution is 9.10. The molecule has 0 amide bonds. The van der Waals surface area contributed by atoms with Gasteiger partial charge in [0.2, 0.25) is 0 Å². The molecule has 24 heavy (non-hydrogen) atoms. The van der Waals surface area contributed by atoms with Crippen LogP contribution >= 0.6 is 15.9 Å². The van der Waals surface area contributed by atoms with Gasteiger partial charge in [0.05, 0.1) is 24.2 Å². The van der Waals surface area contributed by atoms with Gasteiger partial charge in [0.1, 0.15) is 0 Å². The largest absolute Gasteiger partial charge is 0.494 e. The van der Waals surface area contributed by atoms with E-state index in [-0.39, 0.29) is 17.2 Å². The molecule has 0 saturated heterocycles. The Balaban J connectivity index is 2.54. The van der Waals surface area contributed by atoms with Gasteiger partial charge in [0.15, 0.2) is 11.6 Å². The Hall–Kier alpha value is -1.86. The van der Waals surface area contributed by atoms with E-state index in [1.54, 1.807) is 18.2 Å². The molecule has 0 aliphatic rings. The van der Waals surface area contributed by atoms with Gasteiger partial charge in [-0.1, -0.05) is 22.0 Å². The van der Waals surface area contributed by atoms with Gasteiger partial charge in [-0.3, -0.25) is 4.31 Å². The minimum atomic E-state index is -3.94. The first-order valence-electron chi connectivity index (χ1n) is 7.04. The topological polar surface area (TPSA) is 46.6 Å². The Morgan fingerprint density at radius 2 is 2.00 bits per heavy atom. The van der Waals surface area contributed by atoms with E-state index in [2.05, 4.69) is 22.5 Å². The lowest BCUT2D eigenvalue weighted by Gasteiger charge is -2.24. The maximum Gasteiger partial charge on any atom is 0.264 e. The lowest BCUT2D eigenvalue weighted by atomic mass is 10.2. The molecule has 0 aromatic heterocycles. The number of sulfonamides is 1. The molecule has 0 N–H and O–H groups in total. The summed E-state index contributed by atoms with van der Waals surface area (Å²) in [6.07, 6.45) is 1.48. The molecule has 0 heterocycles. The fraction of sp³-hybridized carbons (Fsp3) is 0.176. The van der Waals surface area contributed by atoms with Gasteiger partial charge in [-0.2, -0.15) is 0 Å². The highest BCUT2D eigenvalue weighted by Gasteiger charge is 2.25. The van der Waals surface area contributed by atoms with Gasteiger partial charge in [-0.05, 0) is 48.9 Å². The van der Waals surface area contributed by atoms with Gasteiger partial charge in [-0.15, -0.1) is 6.58 Å². The number of rotatable bonds is 6. The van der Waals surface area contributed by atoms with E-state index in [1.807, 2.05) is 6.92 Å². The number of nitrogens with zero attached hydrogens (tertiary/aromatic N) is 1. The molecule has 0 saturated carbocycles. The van der Waals surface area contributed by atoms with Crippen LogP contribution in [0.2, 0.25) is 0 Å². The Bertz CT molecular complexity index is 868. The Morgan fingerprint density at radius 3 is 2.54 bits per heavy atom. The van der Waals surface area contributed by atoms with E-state index < -0.39 is 15.8 Å². The van der Waals surface area contributed by atoms with Crippen molar-refractivity contribution in [3.8, 4) is 5.75 Å². The first-order chi connectivity index (χ1) is 11.3. The number of methoxy groups -OCH3 is 1. The summed E-state index contributed by atoms with van der Waals surface area (Å²) in [4.78, 5) is -0.150. The van der Waals surface area contributed by atoms with Crippen molar-refractivity contribution in [2.24, 2.45) is 0 Å². The zero-order valence-electron chi connectivity index (χ0n) is 13.3. The first-order valence-corrected chi connectivity index (χ1v) is 9.28. The second kappa shape index (κ2) is 7.36. The van der Waals surface area contributed by atoms with Gasteiger partial charge < -0.3 is 4.74 Å². The van der Waals surface area contributed by atoms with Crippen molar-refractivity contribution in [3.05, 3.63) is 64.9 Å². The fourth-order valence-electron chi connectivity index (χ4n) is 2.18. The average Bonchev–Trinajstić information content (AvgIpc) is 2.55. The van der Waals surface area contributed by atoms with Crippen molar-refractivity contribution in [3.63, 3.8) is 0 Å². The van der Waals surface area contributed by atoms with Crippen molar-refractivity contribution < 1.29 is 17.5 Å². The van der Waals surface area contributed by atoms with E-state index in [0.29, 0.717) is 5.69 Å². The maximum atomic E-state index is 13.9. The molecule has 4 nitrogen and oxygen atoms in total. The van der Waals surface area contributed by atoms with Crippen molar-refractivity contribution in [2.45, 2.75) is 11.8 Å². The normalized spacial score (nSPS) is 11.2. The van der Waals surface area contributed by atoms with Crippen molar-refractivity contribution in [1.82, 2.24) is 0 Å². The third-order valence-electron chi connectivity index (χ3n) is 3.44. The van der Waals surface area contributed by atoms with Gasteiger partial charge in [-0.25, -0.2) is 12.8 Å². The average molecular weight is 414 g/mol. The summed E-state index contributed by atoms with van der Waals surface area (Å²) >= 11 is 3.39. The van der Waals surface area contributed by atoms with Crippen LogP contribution in [-0.2, 0) is 10.0 Å². The second-order valence-corrected chi connectivity index (χ2v) is 7.77. The van der Waals surface area contributed by atoms with Crippen molar-refractivity contribution in [2.75, 3.05) is 18.0 Å². The fourth-order valence-corrected chi connectivity index (χ4v) is 3.86. The lowest BCUT2D eigenvalue weighted by Crippen LogP contribution is -2.31. The van der Waals surface area contributed by atoms with Crippen LogP contribution in [-0.4, -0.2) is 22.1 Å². The number of aryl methyl sites for hydroxylation is 1. The highest BCUT2D eigenvalue weighted by atomic mass is 79.9. The van der Waals surface area contributed by atoms with Crippen LogP contribution in [0, 0.1) is 12.7 Å². The molecule has 0 spiro atoms. The molecule has 128 valence electrons. The molecule has 2 rings (SSSR count). The molecule has 0 fully saturated rings.